The van der Waals surface area contributed by atoms with Crippen LogP contribution in [0.15, 0.2) is 83.3 Å². The molecule has 6 heteroatoms. The Kier molecular flexibility index (Phi) is 7.51. The zero-order chi connectivity index (χ0) is 24.8. The highest BCUT2D eigenvalue weighted by Crippen LogP contribution is 2.30. The van der Waals surface area contributed by atoms with Gasteiger partial charge in [-0.2, -0.15) is 0 Å². The number of nitrogens with zero attached hydrogens (tertiary/aromatic N) is 1. The minimum absolute atomic E-state index is 0.00211. The number of ether oxygens (including phenoxy) is 1. The van der Waals surface area contributed by atoms with Gasteiger partial charge in [0.2, 0.25) is 5.89 Å². The summed E-state index contributed by atoms with van der Waals surface area (Å²) in [6, 6.07) is 25.7. The molecule has 0 bridgehead atoms. The monoisotopic (exact) mass is 472 g/mol. The molecule has 3 aromatic carbocycles. The predicted octanol–water partition coefficient (Wildman–Crippen LogP) is 6.48. The summed E-state index contributed by atoms with van der Waals surface area (Å²) in [5.41, 5.74) is 2.58. The number of oxazole rings is 1. The number of carboxylic acid groups (broad SMARTS) is 1. The maximum absolute atomic E-state index is 11.5. The van der Waals surface area contributed by atoms with Crippen LogP contribution >= 0.6 is 0 Å². The largest absolute Gasteiger partial charge is 0.478 e. The number of benzene rings is 3. The smallest absolute Gasteiger partial charge is 0.347 e. The standard InChI is InChI=1S/C29H32N2O4/c1-4-23(21-13-10-14-22(19-21)35-29(2,3)28(32)33)30-25(18-17-20-11-6-5-7-12-20)27-31-24-15-8-9-16-26(24)34-27/h5-16,19,23,25,30H,4,17-18H2,1-3H3,(H,32,33). The fraction of sp³-hybridized carbons (Fsp3) is 0.310. The lowest BCUT2D eigenvalue weighted by Gasteiger charge is -2.25. The van der Waals surface area contributed by atoms with Gasteiger partial charge in [0, 0.05) is 6.04 Å². The molecule has 0 spiro atoms. The van der Waals surface area contributed by atoms with Gasteiger partial charge < -0.3 is 14.3 Å². The van der Waals surface area contributed by atoms with Crippen LogP contribution in [0.4, 0.5) is 0 Å². The van der Waals surface area contributed by atoms with Crippen molar-refractivity contribution in [3.05, 3.63) is 95.9 Å². The number of hydrogen-bond acceptors (Lipinski definition) is 5. The highest BCUT2D eigenvalue weighted by atomic mass is 16.5. The van der Waals surface area contributed by atoms with E-state index in [4.69, 9.17) is 14.1 Å². The summed E-state index contributed by atoms with van der Waals surface area (Å²) in [5, 5.41) is 13.2. The third-order valence-corrected chi connectivity index (χ3v) is 6.13. The fourth-order valence-electron chi connectivity index (χ4n) is 4.10. The minimum atomic E-state index is -1.32. The number of fused-ring (bicyclic) bond motifs is 1. The van der Waals surface area contributed by atoms with Crippen LogP contribution in [0.5, 0.6) is 5.75 Å². The van der Waals surface area contributed by atoms with Crippen molar-refractivity contribution in [1.29, 1.82) is 0 Å². The maximum atomic E-state index is 11.5. The molecule has 0 aliphatic rings. The summed E-state index contributed by atoms with van der Waals surface area (Å²) in [7, 11) is 0. The lowest BCUT2D eigenvalue weighted by atomic mass is 10.00. The third kappa shape index (κ3) is 6.08. The topological polar surface area (TPSA) is 84.6 Å². The lowest BCUT2D eigenvalue weighted by Crippen LogP contribution is -2.37. The molecule has 0 saturated carbocycles. The van der Waals surface area contributed by atoms with Crippen molar-refractivity contribution >= 4 is 17.1 Å². The Hall–Kier alpha value is -3.64. The Bertz CT molecular complexity index is 1230. The van der Waals surface area contributed by atoms with Gasteiger partial charge in [-0.05, 0) is 68.5 Å². The Balaban J connectivity index is 1.59. The highest BCUT2D eigenvalue weighted by molar-refractivity contribution is 5.76. The summed E-state index contributed by atoms with van der Waals surface area (Å²) >= 11 is 0. The molecule has 0 aliphatic carbocycles. The Morgan fingerprint density at radius 2 is 1.77 bits per heavy atom. The van der Waals surface area contributed by atoms with Crippen molar-refractivity contribution in [2.45, 2.75) is 57.7 Å². The number of carboxylic acids is 1. The van der Waals surface area contributed by atoms with Gasteiger partial charge in [-0.25, -0.2) is 9.78 Å². The molecule has 0 amide bonds. The van der Waals surface area contributed by atoms with Crippen LogP contribution in [0, 0.1) is 0 Å². The van der Waals surface area contributed by atoms with Crippen LogP contribution < -0.4 is 10.1 Å². The van der Waals surface area contributed by atoms with E-state index in [1.54, 1.807) is 19.9 Å². The number of aliphatic carboxylic acids is 1. The second-order valence-corrected chi connectivity index (χ2v) is 9.21. The first kappa shape index (κ1) is 24.5. The molecular formula is C29H32N2O4. The average Bonchev–Trinajstić information content (AvgIpc) is 3.29. The van der Waals surface area contributed by atoms with Crippen molar-refractivity contribution in [3.8, 4) is 5.75 Å². The number of hydrogen-bond donors (Lipinski definition) is 2. The molecule has 0 radical (unpaired) electrons. The van der Waals surface area contributed by atoms with Gasteiger partial charge in [0.1, 0.15) is 11.3 Å². The van der Waals surface area contributed by atoms with Gasteiger partial charge in [0.15, 0.2) is 11.2 Å². The Labute approximate surface area is 206 Å². The number of rotatable bonds is 11. The molecule has 0 saturated heterocycles. The summed E-state index contributed by atoms with van der Waals surface area (Å²) in [6.07, 6.45) is 2.52. The average molecular weight is 473 g/mol. The molecule has 1 heterocycles. The van der Waals surface area contributed by atoms with E-state index in [0.29, 0.717) is 11.6 Å². The third-order valence-electron chi connectivity index (χ3n) is 6.13. The van der Waals surface area contributed by atoms with Gasteiger partial charge >= 0.3 is 5.97 Å². The van der Waals surface area contributed by atoms with Crippen molar-refractivity contribution in [2.75, 3.05) is 0 Å². The SMILES string of the molecule is CCC(NC(CCc1ccccc1)c1nc2ccccc2o1)c1cccc(OC(C)(C)C(=O)O)c1. The van der Waals surface area contributed by atoms with Crippen molar-refractivity contribution < 1.29 is 19.1 Å². The molecule has 35 heavy (non-hydrogen) atoms. The number of nitrogens with one attached hydrogen (secondary N) is 1. The molecule has 2 atom stereocenters. The van der Waals surface area contributed by atoms with E-state index in [0.717, 1.165) is 35.9 Å². The van der Waals surface area contributed by atoms with E-state index in [1.807, 2.05) is 48.5 Å². The molecule has 4 rings (SSSR count). The quantitative estimate of drug-likeness (QED) is 0.260. The Morgan fingerprint density at radius 3 is 2.49 bits per heavy atom. The zero-order valence-electron chi connectivity index (χ0n) is 20.4. The number of aryl methyl sites for hydroxylation is 1. The van der Waals surface area contributed by atoms with Crippen LogP contribution in [-0.4, -0.2) is 21.7 Å². The number of para-hydroxylation sites is 2. The summed E-state index contributed by atoms with van der Waals surface area (Å²) in [4.78, 5) is 16.3. The number of aromatic nitrogens is 1. The van der Waals surface area contributed by atoms with Gasteiger partial charge in [-0.3, -0.25) is 5.32 Å². The van der Waals surface area contributed by atoms with Gasteiger partial charge in [-0.15, -0.1) is 0 Å². The summed E-state index contributed by atoms with van der Waals surface area (Å²) in [5.74, 6) is 0.183. The van der Waals surface area contributed by atoms with E-state index in [1.165, 1.54) is 5.56 Å². The van der Waals surface area contributed by atoms with Crippen LogP contribution in [0.2, 0.25) is 0 Å². The molecular weight excluding hydrogens is 440 g/mol. The van der Waals surface area contributed by atoms with Crippen molar-refractivity contribution in [2.24, 2.45) is 0 Å². The minimum Gasteiger partial charge on any atom is -0.478 e. The molecule has 4 aromatic rings. The second kappa shape index (κ2) is 10.7. The van der Waals surface area contributed by atoms with Gasteiger partial charge in [-0.1, -0.05) is 61.5 Å². The van der Waals surface area contributed by atoms with Gasteiger partial charge in [0.25, 0.3) is 0 Å². The van der Waals surface area contributed by atoms with Crippen LogP contribution in [0.3, 0.4) is 0 Å². The normalized spacial score (nSPS) is 13.5. The number of carbonyl (C=O) groups is 1. The van der Waals surface area contributed by atoms with E-state index in [-0.39, 0.29) is 12.1 Å². The van der Waals surface area contributed by atoms with E-state index < -0.39 is 11.6 Å². The van der Waals surface area contributed by atoms with Crippen LogP contribution in [0.25, 0.3) is 11.1 Å². The molecule has 6 nitrogen and oxygen atoms in total. The molecule has 2 unspecified atom stereocenters. The Morgan fingerprint density at radius 1 is 1.03 bits per heavy atom. The molecule has 0 fully saturated rings. The molecule has 0 aliphatic heterocycles. The van der Waals surface area contributed by atoms with Crippen LogP contribution in [0.1, 0.15) is 62.7 Å². The first-order chi connectivity index (χ1) is 16.9. The lowest BCUT2D eigenvalue weighted by molar-refractivity contribution is -0.152. The zero-order valence-corrected chi connectivity index (χ0v) is 20.4. The summed E-state index contributed by atoms with van der Waals surface area (Å²) in [6.45, 7) is 5.21. The highest BCUT2D eigenvalue weighted by Gasteiger charge is 2.30. The fourth-order valence-corrected chi connectivity index (χ4v) is 4.10. The van der Waals surface area contributed by atoms with Gasteiger partial charge in [0.05, 0.1) is 6.04 Å². The van der Waals surface area contributed by atoms with Crippen molar-refractivity contribution in [3.63, 3.8) is 0 Å². The summed E-state index contributed by atoms with van der Waals surface area (Å²) < 4.78 is 11.9. The predicted molar refractivity (Wildman–Crippen MR) is 136 cm³/mol. The molecule has 2 N–H and O–H groups in total. The first-order valence-electron chi connectivity index (χ1n) is 12.0. The van der Waals surface area contributed by atoms with Crippen LogP contribution in [-0.2, 0) is 11.2 Å². The molecule has 182 valence electrons. The van der Waals surface area contributed by atoms with E-state index in [2.05, 4.69) is 36.5 Å². The van der Waals surface area contributed by atoms with Crippen molar-refractivity contribution in [1.82, 2.24) is 10.3 Å². The second-order valence-electron chi connectivity index (χ2n) is 9.21. The first-order valence-corrected chi connectivity index (χ1v) is 12.0. The van der Waals surface area contributed by atoms with E-state index >= 15 is 0 Å². The maximum Gasteiger partial charge on any atom is 0.347 e. The van der Waals surface area contributed by atoms with E-state index in [9.17, 15) is 9.90 Å². The molecule has 1 aromatic heterocycles.